The second-order valence-electron chi connectivity index (χ2n) is 9.23. The molecule has 0 spiro atoms. The molecule has 0 N–H and O–H groups in total. The van der Waals surface area contributed by atoms with Crippen molar-refractivity contribution in [3.8, 4) is 11.5 Å². The van der Waals surface area contributed by atoms with Crippen molar-refractivity contribution in [2.45, 2.75) is 33.7 Å². The molecule has 2 amide bonds. The van der Waals surface area contributed by atoms with Crippen LogP contribution in [0.3, 0.4) is 0 Å². The monoisotopic (exact) mass is 492 g/mol. The second-order valence-corrected chi connectivity index (χ2v) is 9.23. The van der Waals surface area contributed by atoms with Gasteiger partial charge in [0.25, 0.3) is 5.91 Å². The number of furan rings is 1. The molecule has 2 aromatic carbocycles. The van der Waals surface area contributed by atoms with E-state index in [1.54, 1.807) is 36.3 Å². The molecule has 0 fully saturated rings. The highest BCUT2D eigenvalue weighted by Gasteiger charge is 2.24. The van der Waals surface area contributed by atoms with Crippen LogP contribution in [0, 0.1) is 12.8 Å². The number of benzene rings is 2. The van der Waals surface area contributed by atoms with E-state index in [9.17, 15) is 9.59 Å². The third-order valence-corrected chi connectivity index (χ3v) is 5.97. The van der Waals surface area contributed by atoms with Gasteiger partial charge in [-0.25, -0.2) is 0 Å². The maximum atomic E-state index is 13.6. The van der Waals surface area contributed by atoms with Gasteiger partial charge in [0.05, 0.1) is 27.0 Å². The van der Waals surface area contributed by atoms with Crippen molar-refractivity contribution >= 4 is 11.8 Å². The van der Waals surface area contributed by atoms with Gasteiger partial charge in [-0.3, -0.25) is 9.59 Å². The first-order chi connectivity index (χ1) is 17.3. The molecule has 0 aliphatic heterocycles. The number of ether oxygens (including phenoxy) is 2. The van der Waals surface area contributed by atoms with Crippen molar-refractivity contribution in [2.24, 2.45) is 5.92 Å². The third kappa shape index (κ3) is 7.13. The number of carbonyl (C=O) groups is 2. The molecule has 0 aliphatic rings. The maximum Gasteiger partial charge on any atom is 0.254 e. The van der Waals surface area contributed by atoms with Gasteiger partial charge in [-0.1, -0.05) is 38.1 Å². The molecular weight excluding hydrogens is 456 g/mol. The summed E-state index contributed by atoms with van der Waals surface area (Å²) in [7, 11) is 3.20. The minimum absolute atomic E-state index is 0.00199. The quantitative estimate of drug-likeness (QED) is 0.357. The number of hydrogen-bond donors (Lipinski definition) is 0. The van der Waals surface area contributed by atoms with E-state index in [0.717, 1.165) is 11.1 Å². The number of hydrogen-bond acceptors (Lipinski definition) is 5. The second kappa shape index (κ2) is 12.8. The van der Waals surface area contributed by atoms with Crippen LogP contribution in [-0.4, -0.2) is 55.5 Å². The van der Waals surface area contributed by atoms with Crippen molar-refractivity contribution in [2.75, 3.05) is 33.9 Å². The average molecular weight is 493 g/mol. The normalized spacial score (nSPS) is 10.8. The highest BCUT2D eigenvalue weighted by atomic mass is 16.5. The van der Waals surface area contributed by atoms with Crippen LogP contribution >= 0.6 is 0 Å². The molecule has 0 bridgehead atoms. The van der Waals surface area contributed by atoms with E-state index in [2.05, 4.69) is 0 Å². The van der Waals surface area contributed by atoms with Crippen molar-refractivity contribution in [1.29, 1.82) is 0 Å². The van der Waals surface area contributed by atoms with E-state index in [1.807, 2.05) is 69.3 Å². The van der Waals surface area contributed by atoms with Crippen LogP contribution in [0.4, 0.5) is 0 Å². The summed E-state index contributed by atoms with van der Waals surface area (Å²) in [6.07, 6.45) is 2.21. The summed E-state index contributed by atoms with van der Waals surface area (Å²) >= 11 is 0. The summed E-state index contributed by atoms with van der Waals surface area (Å²) in [6.45, 7) is 7.27. The summed E-state index contributed by atoms with van der Waals surface area (Å²) in [5, 5.41) is 0. The Morgan fingerprint density at radius 2 is 1.69 bits per heavy atom. The SMILES string of the molecule is COc1ccc(CCN(Cc2ccco2)C(=O)CN(CC(C)C)C(=O)c2ccccc2C)cc1OC. The molecule has 0 atom stereocenters. The van der Waals surface area contributed by atoms with Crippen molar-refractivity contribution < 1.29 is 23.5 Å². The molecule has 7 heteroatoms. The topological polar surface area (TPSA) is 72.2 Å². The fourth-order valence-corrected chi connectivity index (χ4v) is 4.09. The maximum absolute atomic E-state index is 13.6. The molecular formula is C29H36N2O5. The van der Waals surface area contributed by atoms with Gasteiger partial charge in [0.1, 0.15) is 12.3 Å². The Kier molecular flexibility index (Phi) is 9.56. The van der Waals surface area contributed by atoms with E-state index in [-0.39, 0.29) is 24.3 Å². The van der Waals surface area contributed by atoms with E-state index >= 15 is 0 Å². The van der Waals surface area contributed by atoms with Gasteiger partial charge in [-0.2, -0.15) is 0 Å². The lowest BCUT2D eigenvalue weighted by atomic mass is 10.1. The Labute approximate surface area is 213 Å². The Morgan fingerprint density at radius 1 is 0.944 bits per heavy atom. The summed E-state index contributed by atoms with van der Waals surface area (Å²) in [4.78, 5) is 30.4. The number of methoxy groups -OCH3 is 2. The van der Waals surface area contributed by atoms with E-state index in [1.165, 1.54) is 0 Å². The van der Waals surface area contributed by atoms with Crippen LogP contribution < -0.4 is 9.47 Å². The number of aryl methyl sites for hydroxylation is 1. The minimum Gasteiger partial charge on any atom is -0.493 e. The van der Waals surface area contributed by atoms with Crippen LogP contribution in [0.2, 0.25) is 0 Å². The standard InChI is InChI=1S/C29H36N2O5/c1-21(2)18-31(29(33)25-11-7-6-9-22(25)3)20-28(32)30(19-24-10-8-16-36-24)15-14-23-12-13-26(34-4)27(17-23)35-5/h6-13,16-17,21H,14-15,18-20H2,1-5H3. The highest BCUT2D eigenvalue weighted by molar-refractivity contribution is 5.97. The van der Waals surface area contributed by atoms with Gasteiger partial charge >= 0.3 is 0 Å². The summed E-state index contributed by atoms with van der Waals surface area (Å²) in [5.74, 6) is 1.95. The van der Waals surface area contributed by atoms with E-state index in [4.69, 9.17) is 13.9 Å². The molecule has 7 nitrogen and oxygen atoms in total. The van der Waals surface area contributed by atoms with Crippen molar-refractivity contribution in [1.82, 2.24) is 9.80 Å². The predicted molar refractivity (Wildman–Crippen MR) is 139 cm³/mol. The molecule has 0 radical (unpaired) electrons. The summed E-state index contributed by atoms with van der Waals surface area (Å²) < 4.78 is 16.3. The number of rotatable bonds is 12. The van der Waals surface area contributed by atoms with Crippen LogP contribution in [0.1, 0.15) is 41.1 Å². The van der Waals surface area contributed by atoms with Gasteiger partial charge in [-0.15, -0.1) is 0 Å². The Balaban J connectivity index is 1.79. The molecule has 1 aromatic heterocycles. The zero-order valence-electron chi connectivity index (χ0n) is 21.8. The molecule has 0 unspecified atom stereocenters. The first-order valence-electron chi connectivity index (χ1n) is 12.2. The van der Waals surface area contributed by atoms with E-state index in [0.29, 0.717) is 48.9 Å². The predicted octanol–water partition coefficient (Wildman–Crippen LogP) is 4.97. The van der Waals surface area contributed by atoms with E-state index < -0.39 is 0 Å². The molecule has 1 heterocycles. The van der Waals surface area contributed by atoms with Gasteiger partial charge in [0.2, 0.25) is 5.91 Å². The third-order valence-electron chi connectivity index (χ3n) is 5.97. The molecule has 0 saturated carbocycles. The highest BCUT2D eigenvalue weighted by Crippen LogP contribution is 2.28. The summed E-state index contributed by atoms with van der Waals surface area (Å²) in [6, 6.07) is 16.9. The lowest BCUT2D eigenvalue weighted by Gasteiger charge is -2.29. The van der Waals surface area contributed by atoms with Gasteiger partial charge in [-0.05, 0) is 60.7 Å². The fraction of sp³-hybridized carbons (Fsp3) is 0.379. The number of carbonyl (C=O) groups excluding carboxylic acids is 2. The number of nitrogens with zero attached hydrogens (tertiary/aromatic N) is 2. The first-order valence-corrected chi connectivity index (χ1v) is 12.2. The lowest BCUT2D eigenvalue weighted by Crippen LogP contribution is -2.44. The minimum atomic E-state index is -0.131. The molecule has 0 aliphatic carbocycles. The molecule has 3 aromatic rings. The smallest absolute Gasteiger partial charge is 0.254 e. The van der Waals surface area contributed by atoms with Gasteiger partial charge < -0.3 is 23.7 Å². The largest absolute Gasteiger partial charge is 0.493 e. The van der Waals surface area contributed by atoms with Gasteiger partial charge in [0, 0.05) is 18.7 Å². The lowest BCUT2D eigenvalue weighted by molar-refractivity contribution is -0.132. The zero-order valence-corrected chi connectivity index (χ0v) is 21.8. The van der Waals surface area contributed by atoms with Crippen LogP contribution in [0.15, 0.2) is 65.3 Å². The van der Waals surface area contributed by atoms with Crippen LogP contribution in [-0.2, 0) is 17.8 Å². The zero-order chi connectivity index (χ0) is 26.1. The molecule has 3 rings (SSSR count). The average Bonchev–Trinajstić information content (AvgIpc) is 3.38. The Bertz CT molecular complexity index is 1140. The van der Waals surface area contributed by atoms with Crippen LogP contribution in [0.5, 0.6) is 11.5 Å². The molecule has 192 valence electrons. The van der Waals surface area contributed by atoms with Crippen molar-refractivity contribution in [3.05, 3.63) is 83.3 Å². The fourth-order valence-electron chi connectivity index (χ4n) is 4.09. The number of amides is 2. The molecule has 0 saturated heterocycles. The van der Waals surface area contributed by atoms with Crippen LogP contribution in [0.25, 0.3) is 0 Å². The Hall–Kier alpha value is -3.74. The Morgan fingerprint density at radius 3 is 2.33 bits per heavy atom. The molecule has 36 heavy (non-hydrogen) atoms. The van der Waals surface area contributed by atoms with Crippen molar-refractivity contribution in [3.63, 3.8) is 0 Å². The first kappa shape index (κ1) is 26.9. The van der Waals surface area contributed by atoms with Gasteiger partial charge in [0.15, 0.2) is 11.5 Å². The summed E-state index contributed by atoms with van der Waals surface area (Å²) in [5.41, 5.74) is 2.53.